The second kappa shape index (κ2) is 12.9. The van der Waals surface area contributed by atoms with Crippen molar-refractivity contribution in [3.8, 4) is 5.75 Å². The van der Waals surface area contributed by atoms with E-state index in [1.807, 2.05) is 69.3 Å². The van der Waals surface area contributed by atoms with Crippen molar-refractivity contribution in [3.63, 3.8) is 0 Å². The number of hydrazone groups is 1. The number of morpholine rings is 1. The molecule has 0 bridgehead atoms. The average Bonchev–Trinajstić information content (AvgIpc) is 3.36. The summed E-state index contributed by atoms with van der Waals surface area (Å²) in [6.45, 7) is 10.2. The van der Waals surface area contributed by atoms with E-state index in [1.165, 1.54) is 5.01 Å². The van der Waals surface area contributed by atoms with Crippen molar-refractivity contribution < 1.29 is 19.1 Å². The molecule has 39 heavy (non-hydrogen) atoms. The van der Waals surface area contributed by atoms with Crippen LogP contribution in [-0.2, 0) is 14.3 Å². The van der Waals surface area contributed by atoms with Gasteiger partial charge in [0.2, 0.25) is 5.91 Å². The molecule has 0 saturated carbocycles. The first-order valence-electron chi connectivity index (χ1n) is 13.5. The Balaban J connectivity index is 1.59. The lowest BCUT2D eigenvalue weighted by molar-refractivity contribution is -0.142. The lowest BCUT2D eigenvalue weighted by Crippen LogP contribution is -2.47. The highest BCUT2D eigenvalue weighted by atomic mass is 35.5. The molecule has 2 aliphatic heterocycles. The third kappa shape index (κ3) is 7.81. The van der Waals surface area contributed by atoms with Gasteiger partial charge in [-0.25, -0.2) is 5.01 Å². The number of nitrogens with zero attached hydrogens (tertiary/aromatic N) is 4. The molecular weight excluding hydrogens is 516 g/mol. The second-order valence-electron chi connectivity index (χ2n) is 11.3. The van der Waals surface area contributed by atoms with Crippen molar-refractivity contribution in [1.29, 1.82) is 0 Å². The lowest BCUT2D eigenvalue weighted by atomic mass is 9.91. The Morgan fingerprint density at radius 2 is 1.87 bits per heavy atom. The summed E-state index contributed by atoms with van der Waals surface area (Å²) in [6, 6.07) is 14.8. The van der Waals surface area contributed by atoms with E-state index in [0.717, 1.165) is 35.7 Å². The molecule has 0 aliphatic carbocycles. The Kier molecular flexibility index (Phi) is 9.64. The predicted molar refractivity (Wildman–Crippen MR) is 153 cm³/mol. The standard InChI is InChI=1S/C30H39ClN4O4/c1-30(2,3)20-28(36)34(13-12-33-14-16-39-17-15-33)21-29(37)35-27(24-10-5-6-11-25(24)31)19-26(32-35)22-8-7-9-23(18-22)38-4/h5-11,18,27H,12-17,19-21H2,1-4H3/t27-/m1/s1. The summed E-state index contributed by atoms with van der Waals surface area (Å²) in [4.78, 5) is 31.2. The molecule has 4 rings (SSSR count). The van der Waals surface area contributed by atoms with Gasteiger partial charge < -0.3 is 14.4 Å². The average molecular weight is 555 g/mol. The number of halogens is 1. The molecule has 0 spiro atoms. The third-order valence-corrected chi connectivity index (χ3v) is 7.33. The molecule has 9 heteroatoms. The number of amides is 2. The number of benzene rings is 2. The molecule has 2 amide bonds. The van der Waals surface area contributed by atoms with E-state index in [1.54, 1.807) is 12.0 Å². The second-order valence-corrected chi connectivity index (χ2v) is 11.7. The number of rotatable bonds is 9. The van der Waals surface area contributed by atoms with Gasteiger partial charge in [-0.15, -0.1) is 0 Å². The smallest absolute Gasteiger partial charge is 0.262 e. The molecule has 0 N–H and O–H groups in total. The van der Waals surface area contributed by atoms with Crippen molar-refractivity contribution in [1.82, 2.24) is 14.8 Å². The lowest BCUT2D eigenvalue weighted by Gasteiger charge is -2.32. The van der Waals surface area contributed by atoms with E-state index in [-0.39, 0.29) is 29.8 Å². The summed E-state index contributed by atoms with van der Waals surface area (Å²) >= 11 is 6.59. The van der Waals surface area contributed by atoms with Crippen LogP contribution in [0.15, 0.2) is 53.6 Å². The van der Waals surface area contributed by atoms with Gasteiger partial charge in [0.15, 0.2) is 0 Å². The Morgan fingerprint density at radius 3 is 2.56 bits per heavy atom. The molecule has 8 nitrogen and oxygen atoms in total. The zero-order chi connectivity index (χ0) is 28.0. The van der Waals surface area contributed by atoms with Crippen LogP contribution in [0, 0.1) is 5.41 Å². The van der Waals surface area contributed by atoms with Gasteiger partial charge >= 0.3 is 0 Å². The molecule has 2 aliphatic rings. The molecule has 2 heterocycles. The maximum absolute atomic E-state index is 13.9. The molecule has 0 radical (unpaired) electrons. The molecule has 0 unspecified atom stereocenters. The van der Waals surface area contributed by atoms with Gasteiger partial charge in [-0.2, -0.15) is 5.10 Å². The Bertz CT molecular complexity index is 1190. The summed E-state index contributed by atoms with van der Waals surface area (Å²) in [5.74, 6) is 0.452. The largest absolute Gasteiger partial charge is 0.497 e. The van der Waals surface area contributed by atoms with E-state index in [9.17, 15) is 9.59 Å². The fraction of sp³-hybridized carbons (Fsp3) is 0.500. The molecular formula is C30H39ClN4O4. The van der Waals surface area contributed by atoms with Gasteiger partial charge in [-0.3, -0.25) is 14.5 Å². The van der Waals surface area contributed by atoms with Crippen LogP contribution in [0.4, 0.5) is 0 Å². The normalized spacial score (nSPS) is 18.1. The van der Waals surface area contributed by atoms with Crippen LogP contribution < -0.4 is 4.74 Å². The minimum Gasteiger partial charge on any atom is -0.497 e. The van der Waals surface area contributed by atoms with Crippen molar-refractivity contribution in [2.75, 3.05) is 53.0 Å². The Labute approximate surface area is 236 Å². The molecule has 0 aromatic heterocycles. The van der Waals surface area contributed by atoms with Gasteiger partial charge in [0, 0.05) is 49.6 Å². The monoisotopic (exact) mass is 554 g/mol. The van der Waals surface area contributed by atoms with Crippen LogP contribution in [0.5, 0.6) is 5.75 Å². The summed E-state index contributed by atoms with van der Waals surface area (Å²) in [5, 5.41) is 6.89. The van der Waals surface area contributed by atoms with Gasteiger partial charge in [-0.05, 0) is 29.2 Å². The number of methoxy groups -OCH3 is 1. The summed E-state index contributed by atoms with van der Waals surface area (Å²) < 4.78 is 10.9. The quantitative estimate of drug-likeness (QED) is 0.452. The number of hydrogen-bond donors (Lipinski definition) is 0. The van der Waals surface area contributed by atoms with Crippen LogP contribution in [0.25, 0.3) is 0 Å². The van der Waals surface area contributed by atoms with E-state index in [2.05, 4.69) is 4.90 Å². The SMILES string of the molecule is COc1cccc(C2=NN(C(=O)CN(CCN3CCOCC3)C(=O)CC(C)(C)C)[C@@H](c3ccccc3Cl)C2)c1. The van der Waals surface area contributed by atoms with Crippen LogP contribution >= 0.6 is 11.6 Å². The maximum Gasteiger partial charge on any atom is 0.262 e. The highest BCUT2D eigenvalue weighted by molar-refractivity contribution is 6.31. The van der Waals surface area contributed by atoms with Gasteiger partial charge in [0.1, 0.15) is 12.3 Å². The maximum atomic E-state index is 13.9. The van der Waals surface area contributed by atoms with Crippen molar-refractivity contribution in [2.45, 2.75) is 39.7 Å². The molecule has 2 aromatic rings. The molecule has 1 saturated heterocycles. The molecule has 1 atom stereocenters. The van der Waals surface area contributed by atoms with E-state index < -0.39 is 0 Å². The van der Waals surface area contributed by atoms with E-state index in [0.29, 0.717) is 44.2 Å². The highest BCUT2D eigenvalue weighted by Crippen LogP contribution is 2.37. The number of carbonyl (C=O) groups is 2. The van der Waals surface area contributed by atoms with Crippen molar-refractivity contribution in [3.05, 3.63) is 64.7 Å². The third-order valence-electron chi connectivity index (χ3n) is 6.98. The topological polar surface area (TPSA) is 74.7 Å². The Hall–Kier alpha value is -2.94. The Morgan fingerprint density at radius 1 is 1.13 bits per heavy atom. The van der Waals surface area contributed by atoms with Crippen LogP contribution in [0.3, 0.4) is 0 Å². The van der Waals surface area contributed by atoms with Crippen molar-refractivity contribution >= 4 is 29.1 Å². The van der Waals surface area contributed by atoms with E-state index >= 15 is 0 Å². The number of carbonyl (C=O) groups excluding carboxylic acids is 2. The first kappa shape index (κ1) is 29.1. The molecule has 2 aromatic carbocycles. The van der Waals surface area contributed by atoms with Gasteiger partial charge in [0.25, 0.3) is 5.91 Å². The van der Waals surface area contributed by atoms with Crippen LogP contribution in [0.1, 0.15) is 50.8 Å². The number of ether oxygens (including phenoxy) is 2. The fourth-order valence-corrected chi connectivity index (χ4v) is 5.15. The minimum absolute atomic E-state index is 0.0328. The van der Waals surface area contributed by atoms with Gasteiger partial charge in [0.05, 0.1) is 32.1 Å². The number of hydrogen-bond acceptors (Lipinski definition) is 6. The molecule has 1 fully saturated rings. The minimum atomic E-state index is -0.369. The molecule has 210 valence electrons. The van der Waals surface area contributed by atoms with Gasteiger partial charge in [-0.1, -0.05) is 62.7 Å². The van der Waals surface area contributed by atoms with Crippen LogP contribution in [0.2, 0.25) is 5.02 Å². The summed E-state index contributed by atoms with van der Waals surface area (Å²) in [5.41, 5.74) is 2.29. The fourth-order valence-electron chi connectivity index (χ4n) is 4.88. The van der Waals surface area contributed by atoms with Crippen LogP contribution in [-0.4, -0.2) is 85.4 Å². The highest BCUT2D eigenvalue weighted by Gasteiger charge is 2.36. The van der Waals surface area contributed by atoms with Crippen molar-refractivity contribution in [2.24, 2.45) is 10.5 Å². The van der Waals surface area contributed by atoms with E-state index in [4.69, 9.17) is 26.2 Å². The first-order chi connectivity index (χ1) is 18.6. The summed E-state index contributed by atoms with van der Waals surface area (Å²) in [6.07, 6.45) is 0.863. The zero-order valence-corrected chi connectivity index (χ0v) is 24.1. The predicted octanol–water partition coefficient (Wildman–Crippen LogP) is 4.62. The zero-order valence-electron chi connectivity index (χ0n) is 23.4. The first-order valence-corrected chi connectivity index (χ1v) is 13.9. The summed E-state index contributed by atoms with van der Waals surface area (Å²) in [7, 11) is 1.62.